The maximum Gasteiger partial charge on any atom is 0.278 e. The summed E-state index contributed by atoms with van der Waals surface area (Å²) in [7, 11) is -2.81. The first-order valence-corrected chi connectivity index (χ1v) is 13.3. The predicted octanol–water partition coefficient (Wildman–Crippen LogP) is 3.39. The second kappa shape index (κ2) is 10.4. The number of aromatic nitrogens is 1. The number of nitrogens with zero attached hydrogens (tertiary/aromatic N) is 2. The second-order valence-corrected chi connectivity index (χ2v) is 11.0. The SMILES string of the molecule is CCCCCCC[S+]([O-])Cc1cc(NC(=O)C2=C(O)c3ccccc3S(=O)(=O)N2C)no1. The number of benzene rings is 1. The molecule has 1 aromatic heterocycles. The van der Waals surface area contributed by atoms with E-state index in [2.05, 4.69) is 17.4 Å². The van der Waals surface area contributed by atoms with Gasteiger partial charge < -0.3 is 19.5 Å². The number of anilines is 1. The van der Waals surface area contributed by atoms with Crippen LogP contribution >= 0.6 is 0 Å². The Hall–Kier alpha value is -2.50. The van der Waals surface area contributed by atoms with Crippen molar-refractivity contribution in [2.75, 3.05) is 18.1 Å². The number of hydrogen-bond acceptors (Lipinski definition) is 7. The first-order valence-electron chi connectivity index (χ1n) is 10.4. The highest BCUT2D eigenvalue weighted by Crippen LogP contribution is 2.34. The lowest BCUT2D eigenvalue weighted by Gasteiger charge is -2.28. The van der Waals surface area contributed by atoms with Crippen LogP contribution in [0.4, 0.5) is 5.82 Å². The van der Waals surface area contributed by atoms with Crippen molar-refractivity contribution in [2.24, 2.45) is 0 Å². The fourth-order valence-electron chi connectivity index (χ4n) is 3.40. The van der Waals surface area contributed by atoms with E-state index in [4.69, 9.17) is 4.52 Å². The number of aliphatic hydroxyl groups excluding tert-OH is 1. The molecule has 0 aliphatic carbocycles. The highest BCUT2D eigenvalue weighted by Gasteiger charge is 2.38. The zero-order chi connectivity index (χ0) is 23.3. The summed E-state index contributed by atoms with van der Waals surface area (Å²) >= 11 is -1.11. The van der Waals surface area contributed by atoms with Gasteiger partial charge in [0.05, 0.1) is 4.90 Å². The van der Waals surface area contributed by atoms with Crippen molar-refractivity contribution in [3.63, 3.8) is 0 Å². The van der Waals surface area contributed by atoms with Crippen LogP contribution in [-0.4, -0.2) is 46.2 Å². The predicted molar refractivity (Wildman–Crippen MR) is 122 cm³/mol. The molecule has 2 N–H and O–H groups in total. The van der Waals surface area contributed by atoms with Gasteiger partial charge >= 0.3 is 0 Å². The van der Waals surface area contributed by atoms with Gasteiger partial charge in [0.1, 0.15) is 5.75 Å². The highest BCUT2D eigenvalue weighted by atomic mass is 32.2. The standard InChI is InChI=1S/C21H27N3O6S2/c1-3-4-5-6-9-12-31(27)14-15-13-18(23-30-15)22-21(26)19-20(25)16-10-7-8-11-17(16)32(28,29)24(19)2/h7-8,10-11,13,25H,3-6,9,12,14H2,1-2H3,(H,22,23,26). The number of carbonyl (C=O) groups is 1. The number of aliphatic hydroxyl groups is 1. The Bertz CT molecular complexity index is 1100. The molecule has 1 aromatic carbocycles. The maximum absolute atomic E-state index is 12.8. The fraction of sp³-hybridized carbons (Fsp3) is 0.429. The normalized spacial score (nSPS) is 16.0. The molecule has 1 unspecified atom stereocenters. The lowest BCUT2D eigenvalue weighted by Crippen LogP contribution is -2.37. The number of rotatable bonds is 10. The second-order valence-electron chi connectivity index (χ2n) is 7.50. The summed E-state index contributed by atoms with van der Waals surface area (Å²) < 4.78 is 43.5. The Kier molecular flexibility index (Phi) is 7.86. The van der Waals surface area contributed by atoms with Gasteiger partial charge in [-0.25, -0.2) is 8.42 Å². The number of fused-ring (bicyclic) bond motifs is 1. The number of likely N-dealkylation sites (N-methyl/N-ethyl adjacent to an activating group) is 1. The number of hydrogen-bond donors (Lipinski definition) is 2. The van der Waals surface area contributed by atoms with Gasteiger partial charge in [-0.1, -0.05) is 43.5 Å². The fourth-order valence-corrected chi connectivity index (χ4v) is 5.92. The molecule has 0 fully saturated rings. The van der Waals surface area contributed by atoms with Crippen LogP contribution in [0.1, 0.15) is 50.4 Å². The third kappa shape index (κ3) is 5.28. The van der Waals surface area contributed by atoms with Crippen molar-refractivity contribution < 1.29 is 27.4 Å². The van der Waals surface area contributed by atoms with E-state index in [1.54, 1.807) is 6.07 Å². The van der Waals surface area contributed by atoms with E-state index in [9.17, 15) is 22.9 Å². The van der Waals surface area contributed by atoms with Gasteiger partial charge in [0.25, 0.3) is 15.9 Å². The summed E-state index contributed by atoms with van der Waals surface area (Å²) in [6, 6.07) is 7.33. The summed E-state index contributed by atoms with van der Waals surface area (Å²) in [5.74, 6) is -0.195. The molecule has 1 amide bonds. The Morgan fingerprint density at radius 3 is 2.72 bits per heavy atom. The van der Waals surface area contributed by atoms with Gasteiger partial charge in [0.2, 0.25) is 0 Å². The molecule has 0 spiro atoms. The number of amides is 1. The molecule has 2 heterocycles. The number of nitrogens with one attached hydrogen (secondary N) is 1. The minimum Gasteiger partial charge on any atom is -0.616 e. The molecule has 3 rings (SSSR count). The average molecular weight is 482 g/mol. The first kappa shape index (κ1) is 24.1. The summed E-state index contributed by atoms with van der Waals surface area (Å²) in [5.41, 5.74) is -0.380. The van der Waals surface area contributed by atoms with Crippen LogP contribution in [0.3, 0.4) is 0 Å². The maximum atomic E-state index is 12.8. The van der Waals surface area contributed by atoms with Crippen molar-refractivity contribution in [1.29, 1.82) is 0 Å². The molecule has 0 bridgehead atoms. The van der Waals surface area contributed by atoms with Crippen molar-refractivity contribution in [3.05, 3.63) is 47.4 Å². The number of unbranched alkanes of at least 4 members (excludes halogenated alkanes) is 4. The summed E-state index contributed by atoms with van der Waals surface area (Å²) in [5, 5.41) is 16.7. The quantitative estimate of drug-likeness (QED) is 0.392. The van der Waals surface area contributed by atoms with Gasteiger partial charge in [0, 0.05) is 18.7 Å². The van der Waals surface area contributed by atoms with Crippen LogP contribution < -0.4 is 5.32 Å². The zero-order valence-electron chi connectivity index (χ0n) is 18.0. The third-order valence-electron chi connectivity index (χ3n) is 5.11. The molecule has 1 aliphatic rings. The zero-order valence-corrected chi connectivity index (χ0v) is 19.7. The molecular weight excluding hydrogens is 454 g/mol. The Labute approximate surface area is 190 Å². The van der Waals surface area contributed by atoms with Gasteiger partial charge in [-0.05, 0) is 36.2 Å². The summed E-state index contributed by atoms with van der Waals surface area (Å²) in [4.78, 5) is 12.7. The summed E-state index contributed by atoms with van der Waals surface area (Å²) in [6.07, 6.45) is 5.36. The van der Waals surface area contributed by atoms with Gasteiger partial charge in [-0.15, -0.1) is 0 Å². The van der Waals surface area contributed by atoms with E-state index >= 15 is 0 Å². The average Bonchev–Trinajstić information content (AvgIpc) is 3.19. The van der Waals surface area contributed by atoms with E-state index in [0.29, 0.717) is 11.5 Å². The lowest BCUT2D eigenvalue weighted by atomic mass is 10.1. The van der Waals surface area contributed by atoms with E-state index in [-0.39, 0.29) is 22.0 Å². The van der Waals surface area contributed by atoms with Gasteiger partial charge in [-0.3, -0.25) is 9.10 Å². The molecule has 32 heavy (non-hydrogen) atoms. The Morgan fingerprint density at radius 2 is 1.97 bits per heavy atom. The molecule has 174 valence electrons. The highest BCUT2D eigenvalue weighted by molar-refractivity contribution is 7.90. The van der Waals surface area contributed by atoms with Gasteiger partial charge in [-0.2, -0.15) is 0 Å². The molecular formula is C21H27N3O6S2. The molecule has 1 atom stereocenters. The van der Waals surface area contributed by atoms with E-state index in [1.807, 2.05) is 0 Å². The minimum atomic E-state index is -4.00. The molecule has 0 saturated heterocycles. The number of sulfonamides is 1. The Balaban J connectivity index is 1.66. The molecule has 0 radical (unpaired) electrons. The summed E-state index contributed by atoms with van der Waals surface area (Å²) in [6.45, 7) is 2.14. The third-order valence-corrected chi connectivity index (χ3v) is 8.28. The lowest BCUT2D eigenvalue weighted by molar-refractivity contribution is -0.113. The molecule has 2 aromatic rings. The monoisotopic (exact) mass is 481 g/mol. The van der Waals surface area contributed by atoms with E-state index in [0.717, 1.165) is 30.0 Å². The van der Waals surface area contributed by atoms with Crippen molar-refractivity contribution >= 4 is 38.7 Å². The molecule has 0 saturated carbocycles. The number of carbonyl (C=O) groups excluding carboxylic acids is 1. The van der Waals surface area contributed by atoms with Crippen molar-refractivity contribution in [1.82, 2.24) is 9.46 Å². The molecule has 1 aliphatic heterocycles. The van der Waals surface area contributed by atoms with E-state index < -0.39 is 38.6 Å². The van der Waals surface area contributed by atoms with Crippen molar-refractivity contribution in [2.45, 2.75) is 49.7 Å². The van der Waals surface area contributed by atoms with Crippen LogP contribution in [0, 0.1) is 0 Å². The van der Waals surface area contributed by atoms with Crippen LogP contribution in [0.25, 0.3) is 5.76 Å². The van der Waals surface area contributed by atoms with Crippen LogP contribution in [0.5, 0.6) is 0 Å². The van der Waals surface area contributed by atoms with Crippen LogP contribution in [0.15, 0.2) is 45.4 Å². The topological polar surface area (TPSA) is 136 Å². The van der Waals surface area contributed by atoms with Crippen LogP contribution in [0.2, 0.25) is 0 Å². The first-order chi connectivity index (χ1) is 15.3. The van der Waals surface area contributed by atoms with E-state index in [1.165, 1.54) is 37.7 Å². The van der Waals surface area contributed by atoms with Gasteiger partial charge in [0.15, 0.2) is 28.8 Å². The minimum absolute atomic E-state index is 0.0369. The largest absolute Gasteiger partial charge is 0.616 e. The van der Waals surface area contributed by atoms with Crippen LogP contribution in [-0.2, 0) is 31.7 Å². The molecule has 9 nitrogen and oxygen atoms in total. The van der Waals surface area contributed by atoms with Crippen molar-refractivity contribution in [3.8, 4) is 0 Å². The smallest absolute Gasteiger partial charge is 0.278 e. The molecule has 11 heteroatoms. The Morgan fingerprint density at radius 1 is 1.25 bits per heavy atom.